The number of hydrogen-bond acceptors (Lipinski definition) is 3. The quantitative estimate of drug-likeness (QED) is 0.338. The van der Waals surface area contributed by atoms with Crippen LogP contribution in [0.1, 0.15) is 75.3 Å². The first-order valence-corrected chi connectivity index (χ1v) is 15.0. The highest BCUT2D eigenvalue weighted by Crippen LogP contribution is 2.57. The lowest BCUT2D eigenvalue weighted by Crippen LogP contribution is -2.46. The van der Waals surface area contributed by atoms with Crippen molar-refractivity contribution in [2.45, 2.75) is 87.5 Å². The third-order valence-electron chi connectivity index (χ3n) is 8.78. The molecular formula is C30H40N2O2S. The molecule has 2 atom stereocenters. The molecule has 2 saturated carbocycles. The molecule has 0 bridgehead atoms. The van der Waals surface area contributed by atoms with Gasteiger partial charge in [-0.1, -0.05) is 67.3 Å². The second kappa shape index (κ2) is 10.1. The van der Waals surface area contributed by atoms with E-state index in [2.05, 4.69) is 40.5 Å². The fraction of sp³-hybridized carbons (Fsp3) is 0.533. The molecule has 1 spiro atoms. The maximum atomic E-state index is 12.8. The van der Waals surface area contributed by atoms with Crippen LogP contribution in [-0.2, 0) is 15.4 Å². The van der Waals surface area contributed by atoms with Crippen LogP contribution in [0.4, 0.5) is 5.69 Å². The third kappa shape index (κ3) is 4.70. The molecule has 35 heavy (non-hydrogen) atoms. The molecule has 1 N–H and O–H groups in total. The van der Waals surface area contributed by atoms with Crippen molar-refractivity contribution in [2.75, 3.05) is 18.0 Å². The van der Waals surface area contributed by atoms with Gasteiger partial charge in [0.15, 0.2) is 0 Å². The van der Waals surface area contributed by atoms with Crippen molar-refractivity contribution in [1.29, 1.82) is 0 Å². The minimum atomic E-state index is -3.48. The first-order valence-electron chi connectivity index (χ1n) is 13.5. The number of rotatable bonds is 8. The molecule has 0 unspecified atom stereocenters. The predicted molar refractivity (Wildman–Crippen MR) is 144 cm³/mol. The average Bonchev–Trinajstić information content (AvgIpc) is 3.37. The molecule has 2 aromatic rings. The van der Waals surface area contributed by atoms with E-state index in [9.17, 15) is 8.42 Å². The van der Waals surface area contributed by atoms with Crippen molar-refractivity contribution in [3.05, 3.63) is 71.8 Å². The maximum absolute atomic E-state index is 12.8. The van der Waals surface area contributed by atoms with Gasteiger partial charge in [-0.3, -0.25) is 0 Å². The van der Waals surface area contributed by atoms with E-state index in [1.165, 1.54) is 55.3 Å². The Morgan fingerprint density at radius 3 is 2.49 bits per heavy atom. The molecule has 2 aliphatic carbocycles. The van der Waals surface area contributed by atoms with Crippen molar-refractivity contribution in [3.8, 4) is 0 Å². The van der Waals surface area contributed by atoms with Crippen molar-refractivity contribution in [2.24, 2.45) is 5.92 Å². The number of nitrogens with one attached hydrogen (secondary N) is 1. The highest BCUT2D eigenvalue weighted by molar-refractivity contribution is 7.89. The Balaban J connectivity index is 1.34. The molecule has 0 amide bonds. The first kappa shape index (κ1) is 24.6. The van der Waals surface area contributed by atoms with Gasteiger partial charge in [0.1, 0.15) is 0 Å². The number of para-hydroxylation sites is 1. The van der Waals surface area contributed by atoms with Crippen LogP contribution in [0.25, 0.3) is 0 Å². The lowest BCUT2D eigenvalue weighted by Gasteiger charge is -2.40. The van der Waals surface area contributed by atoms with Gasteiger partial charge in [0.05, 0.1) is 4.90 Å². The molecule has 0 aromatic heterocycles. The second-order valence-electron chi connectivity index (χ2n) is 11.0. The first-order chi connectivity index (χ1) is 16.9. The SMILES string of the molecule is C=C1CCC[C@@]12c1ccccc1N(CC1CCCCC1)[C@H]2CCCNS(=O)(=O)c1ccc(C)cc1. The van der Waals surface area contributed by atoms with Gasteiger partial charge in [0, 0.05) is 30.2 Å². The number of aryl methyl sites for hydroxylation is 1. The van der Waals surface area contributed by atoms with Gasteiger partial charge in [-0.15, -0.1) is 0 Å². The van der Waals surface area contributed by atoms with E-state index in [-0.39, 0.29) is 5.41 Å². The summed E-state index contributed by atoms with van der Waals surface area (Å²) >= 11 is 0. The van der Waals surface area contributed by atoms with E-state index in [1.807, 2.05) is 19.1 Å². The topological polar surface area (TPSA) is 49.4 Å². The third-order valence-corrected chi connectivity index (χ3v) is 10.3. The standard InChI is InChI=1S/C30H40N2O2S/c1-23-16-18-26(19-17-23)35(33,34)31-21-9-15-29-30(20-8-10-24(30)2)27-13-6-7-14-28(27)32(29)22-25-11-4-3-5-12-25/h6-7,13-14,16-19,25,29,31H,2-5,8-12,15,20-22H2,1H3/t29-,30-/m0/s1. The molecule has 1 heterocycles. The summed E-state index contributed by atoms with van der Waals surface area (Å²) in [6, 6.07) is 16.4. The minimum absolute atomic E-state index is 0.0150. The van der Waals surface area contributed by atoms with Gasteiger partial charge in [-0.2, -0.15) is 0 Å². The van der Waals surface area contributed by atoms with E-state index in [0.29, 0.717) is 17.5 Å². The van der Waals surface area contributed by atoms with Crippen LogP contribution in [0.3, 0.4) is 0 Å². The van der Waals surface area contributed by atoms with Crippen LogP contribution in [0, 0.1) is 12.8 Å². The number of sulfonamides is 1. The molecule has 5 heteroatoms. The summed E-state index contributed by atoms with van der Waals surface area (Å²) in [7, 11) is -3.48. The lowest BCUT2D eigenvalue weighted by molar-refractivity contribution is 0.324. The largest absolute Gasteiger partial charge is 0.367 e. The number of benzene rings is 2. The predicted octanol–water partition coefficient (Wildman–Crippen LogP) is 6.50. The Hall–Kier alpha value is -2.11. The summed E-state index contributed by atoms with van der Waals surface area (Å²) in [4.78, 5) is 3.05. The van der Waals surface area contributed by atoms with E-state index in [1.54, 1.807) is 12.1 Å². The highest BCUT2D eigenvalue weighted by atomic mass is 32.2. The van der Waals surface area contributed by atoms with Crippen molar-refractivity contribution >= 4 is 15.7 Å². The normalized spacial score (nSPS) is 24.9. The fourth-order valence-corrected chi connectivity index (χ4v) is 8.08. The monoisotopic (exact) mass is 492 g/mol. The van der Waals surface area contributed by atoms with Gasteiger partial charge < -0.3 is 4.90 Å². The average molecular weight is 493 g/mol. The smallest absolute Gasteiger partial charge is 0.240 e. The lowest BCUT2D eigenvalue weighted by atomic mass is 9.71. The van der Waals surface area contributed by atoms with Crippen LogP contribution >= 0.6 is 0 Å². The zero-order valence-electron chi connectivity index (χ0n) is 21.1. The second-order valence-corrected chi connectivity index (χ2v) is 12.7. The van der Waals surface area contributed by atoms with Crippen molar-refractivity contribution < 1.29 is 8.42 Å². The Kier molecular flexibility index (Phi) is 7.09. The molecule has 1 aliphatic heterocycles. The highest BCUT2D eigenvalue weighted by Gasteiger charge is 2.53. The zero-order valence-corrected chi connectivity index (χ0v) is 22.0. The van der Waals surface area contributed by atoms with Gasteiger partial charge in [-0.25, -0.2) is 13.1 Å². The fourth-order valence-electron chi connectivity index (χ4n) is 7.00. The maximum Gasteiger partial charge on any atom is 0.240 e. The van der Waals surface area contributed by atoms with E-state index < -0.39 is 10.0 Å². The number of anilines is 1. The Labute approximate surface area is 211 Å². The summed E-state index contributed by atoms with van der Waals surface area (Å²) < 4.78 is 28.5. The zero-order chi connectivity index (χ0) is 24.5. The molecule has 0 saturated heterocycles. The van der Waals surface area contributed by atoms with Crippen LogP contribution in [0.15, 0.2) is 65.6 Å². The van der Waals surface area contributed by atoms with Crippen molar-refractivity contribution in [3.63, 3.8) is 0 Å². The van der Waals surface area contributed by atoms with Crippen LogP contribution in [-0.4, -0.2) is 27.5 Å². The van der Waals surface area contributed by atoms with Gasteiger partial charge >= 0.3 is 0 Å². The number of fused-ring (bicyclic) bond motifs is 2. The molecular weight excluding hydrogens is 452 g/mol. The summed E-state index contributed by atoms with van der Waals surface area (Å²) in [5, 5.41) is 0. The molecule has 4 nitrogen and oxygen atoms in total. The summed E-state index contributed by atoms with van der Waals surface area (Å²) in [5.41, 5.74) is 5.31. The van der Waals surface area contributed by atoms with Gasteiger partial charge in [0.25, 0.3) is 0 Å². The Bertz CT molecular complexity index is 1150. The molecule has 2 aromatic carbocycles. The Morgan fingerprint density at radius 1 is 1.03 bits per heavy atom. The minimum Gasteiger partial charge on any atom is -0.367 e. The van der Waals surface area contributed by atoms with Crippen LogP contribution in [0.2, 0.25) is 0 Å². The summed E-state index contributed by atoms with van der Waals surface area (Å²) in [5.74, 6) is 0.754. The van der Waals surface area contributed by atoms with Crippen molar-refractivity contribution in [1.82, 2.24) is 4.72 Å². The number of nitrogens with zero attached hydrogens (tertiary/aromatic N) is 1. The van der Waals surface area contributed by atoms with Gasteiger partial charge in [-0.05, 0) is 81.5 Å². The van der Waals surface area contributed by atoms with E-state index >= 15 is 0 Å². The van der Waals surface area contributed by atoms with Crippen LogP contribution < -0.4 is 9.62 Å². The molecule has 188 valence electrons. The number of hydrogen-bond donors (Lipinski definition) is 1. The summed E-state index contributed by atoms with van der Waals surface area (Å²) in [6.07, 6.45) is 12.0. The van der Waals surface area contributed by atoms with E-state index in [0.717, 1.165) is 43.7 Å². The molecule has 2 fully saturated rings. The summed E-state index contributed by atoms with van der Waals surface area (Å²) in [6.45, 7) is 8.14. The van der Waals surface area contributed by atoms with Crippen LogP contribution in [0.5, 0.6) is 0 Å². The Morgan fingerprint density at radius 2 is 1.77 bits per heavy atom. The van der Waals surface area contributed by atoms with E-state index in [4.69, 9.17) is 0 Å². The van der Waals surface area contributed by atoms with Gasteiger partial charge in [0.2, 0.25) is 10.0 Å². The molecule has 5 rings (SSSR count). The molecule has 0 radical (unpaired) electrons. The molecule has 3 aliphatic rings.